The van der Waals surface area contributed by atoms with Gasteiger partial charge in [-0.25, -0.2) is 0 Å². The number of nitrogens with one attached hydrogen (secondary N) is 1. The third kappa shape index (κ3) is 5.88. The molecule has 1 amide bonds. The molecule has 3 heteroatoms. The van der Waals surface area contributed by atoms with Gasteiger partial charge < -0.3 is 5.32 Å². The molecular formula is C16H26N2O. The van der Waals surface area contributed by atoms with E-state index in [4.69, 9.17) is 0 Å². The van der Waals surface area contributed by atoms with Gasteiger partial charge in [0.2, 0.25) is 5.91 Å². The second-order valence-electron chi connectivity index (χ2n) is 4.98. The normalized spacial score (nSPS) is 12.4. The van der Waals surface area contributed by atoms with E-state index >= 15 is 0 Å². The van der Waals surface area contributed by atoms with Crippen LogP contribution in [0.15, 0.2) is 30.3 Å². The van der Waals surface area contributed by atoms with E-state index in [0.717, 1.165) is 31.5 Å². The smallest absolute Gasteiger partial charge is 0.234 e. The summed E-state index contributed by atoms with van der Waals surface area (Å²) in [6.07, 6.45) is 2.17. The molecule has 0 radical (unpaired) electrons. The largest absolute Gasteiger partial charge is 0.348 e. The molecule has 1 rings (SSSR count). The van der Waals surface area contributed by atoms with Crippen LogP contribution in [0, 0.1) is 0 Å². The molecule has 1 unspecified atom stereocenters. The molecule has 1 aromatic carbocycles. The molecule has 0 aliphatic rings. The van der Waals surface area contributed by atoms with Crippen molar-refractivity contribution in [2.75, 3.05) is 19.6 Å². The van der Waals surface area contributed by atoms with Gasteiger partial charge in [0.1, 0.15) is 0 Å². The number of benzene rings is 1. The zero-order valence-electron chi connectivity index (χ0n) is 12.4. The first-order valence-corrected chi connectivity index (χ1v) is 7.24. The quantitative estimate of drug-likeness (QED) is 0.781. The van der Waals surface area contributed by atoms with Crippen LogP contribution in [0.2, 0.25) is 0 Å². The number of carbonyl (C=O) groups is 1. The van der Waals surface area contributed by atoms with Gasteiger partial charge in [-0.05, 0) is 38.4 Å². The summed E-state index contributed by atoms with van der Waals surface area (Å²) in [5.41, 5.74) is 1.15. The highest BCUT2D eigenvalue weighted by atomic mass is 16.2. The van der Waals surface area contributed by atoms with E-state index in [0.29, 0.717) is 6.54 Å². The van der Waals surface area contributed by atoms with E-state index in [9.17, 15) is 4.79 Å². The first kappa shape index (κ1) is 15.7. The van der Waals surface area contributed by atoms with Crippen LogP contribution < -0.4 is 5.32 Å². The monoisotopic (exact) mass is 262 g/mol. The fourth-order valence-electron chi connectivity index (χ4n) is 2.22. The van der Waals surface area contributed by atoms with Crippen molar-refractivity contribution in [1.29, 1.82) is 0 Å². The molecule has 0 heterocycles. The summed E-state index contributed by atoms with van der Waals surface area (Å²) < 4.78 is 0. The number of rotatable bonds is 8. The van der Waals surface area contributed by atoms with Gasteiger partial charge in [0.15, 0.2) is 0 Å². The average Bonchev–Trinajstić information content (AvgIpc) is 2.40. The number of nitrogens with zero attached hydrogens (tertiary/aromatic N) is 1. The van der Waals surface area contributed by atoms with Crippen LogP contribution in [0.4, 0.5) is 0 Å². The molecule has 19 heavy (non-hydrogen) atoms. The number of carbonyl (C=O) groups excluding carboxylic acids is 1. The van der Waals surface area contributed by atoms with Crippen molar-refractivity contribution in [2.24, 2.45) is 0 Å². The van der Waals surface area contributed by atoms with E-state index in [1.165, 1.54) is 0 Å². The third-order valence-electron chi connectivity index (χ3n) is 3.12. The van der Waals surface area contributed by atoms with Crippen LogP contribution in [0.5, 0.6) is 0 Å². The molecule has 3 nitrogen and oxygen atoms in total. The minimum absolute atomic E-state index is 0.0683. The Morgan fingerprint density at radius 3 is 2.26 bits per heavy atom. The Balaban J connectivity index is 2.45. The molecule has 0 saturated carbocycles. The highest BCUT2D eigenvalue weighted by molar-refractivity contribution is 5.78. The van der Waals surface area contributed by atoms with Crippen molar-refractivity contribution in [2.45, 2.75) is 39.7 Å². The van der Waals surface area contributed by atoms with Crippen molar-refractivity contribution in [3.8, 4) is 0 Å². The van der Waals surface area contributed by atoms with Crippen molar-refractivity contribution < 1.29 is 4.79 Å². The standard InChI is InChI=1S/C16H26N2O/c1-4-11-18(12-5-2)13-16(19)17-14(3)15-9-7-6-8-10-15/h6-10,14H,4-5,11-13H2,1-3H3,(H,17,19). The highest BCUT2D eigenvalue weighted by Gasteiger charge is 2.12. The van der Waals surface area contributed by atoms with Crippen molar-refractivity contribution >= 4 is 5.91 Å². The zero-order chi connectivity index (χ0) is 14.1. The van der Waals surface area contributed by atoms with Gasteiger partial charge in [-0.1, -0.05) is 44.2 Å². The summed E-state index contributed by atoms with van der Waals surface area (Å²) in [6.45, 7) is 8.79. The first-order valence-electron chi connectivity index (χ1n) is 7.24. The van der Waals surface area contributed by atoms with Crippen LogP contribution >= 0.6 is 0 Å². The minimum Gasteiger partial charge on any atom is -0.348 e. The molecule has 0 fully saturated rings. The maximum Gasteiger partial charge on any atom is 0.234 e. The van der Waals surface area contributed by atoms with Gasteiger partial charge in [0.05, 0.1) is 12.6 Å². The van der Waals surface area contributed by atoms with Gasteiger partial charge in [-0.2, -0.15) is 0 Å². The molecule has 0 bridgehead atoms. The molecule has 0 aliphatic heterocycles. The van der Waals surface area contributed by atoms with E-state index in [1.54, 1.807) is 0 Å². The summed E-state index contributed by atoms with van der Waals surface area (Å²) in [6, 6.07) is 10.1. The topological polar surface area (TPSA) is 32.3 Å². The van der Waals surface area contributed by atoms with Gasteiger partial charge in [-0.15, -0.1) is 0 Å². The van der Waals surface area contributed by atoms with Crippen LogP contribution in [0.1, 0.15) is 45.2 Å². The van der Waals surface area contributed by atoms with Gasteiger partial charge in [0.25, 0.3) is 0 Å². The molecule has 0 aliphatic carbocycles. The van der Waals surface area contributed by atoms with E-state index in [-0.39, 0.29) is 11.9 Å². The lowest BCUT2D eigenvalue weighted by Gasteiger charge is -2.22. The summed E-state index contributed by atoms with van der Waals surface area (Å²) in [5.74, 6) is 0.109. The highest BCUT2D eigenvalue weighted by Crippen LogP contribution is 2.10. The molecule has 0 aromatic heterocycles. The van der Waals surface area contributed by atoms with Crippen LogP contribution in [-0.4, -0.2) is 30.4 Å². The predicted octanol–water partition coefficient (Wildman–Crippen LogP) is 2.99. The summed E-state index contributed by atoms with van der Waals surface area (Å²) in [5, 5.41) is 3.06. The van der Waals surface area contributed by atoms with Crippen LogP contribution in [0.3, 0.4) is 0 Å². The minimum atomic E-state index is 0.0683. The second kappa shape index (κ2) is 8.70. The molecule has 0 saturated heterocycles. The average molecular weight is 262 g/mol. The van der Waals surface area contributed by atoms with Gasteiger partial charge in [-0.3, -0.25) is 9.69 Å². The Morgan fingerprint density at radius 1 is 1.16 bits per heavy atom. The van der Waals surface area contributed by atoms with Crippen LogP contribution in [0.25, 0.3) is 0 Å². The van der Waals surface area contributed by atoms with Gasteiger partial charge >= 0.3 is 0 Å². The predicted molar refractivity (Wildman–Crippen MR) is 80.0 cm³/mol. The van der Waals surface area contributed by atoms with E-state index in [2.05, 4.69) is 24.1 Å². The van der Waals surface area contributed by atoms with Gasteiger partial charge in [0, 0.05) is 0 Å². The lowest BCUT2D eigenvalue weighted by atomic mass is 10.1. The second-order valence-corrected chi connectivity index (χ2v) is 4.98. The molecule has 1 aromatic rings. The van der Waals surface area contributed by atoms with Crippen molar-refractivity contribution in [1.82, 2.24) is 10.2 Å². The fraction of sp³-hybridized carbons (Fsp3) is 0.562. The Morgan fingerprint density at radius 2 is 1.74 bits per heavy atom. The maximum absolute atomic E-state index is 12.0. The van der Waals surface area contributed by atoms with Crippen molar-refractivity contribution in [3.63, 3.8) is 0 Å². The molecule has 1 N–H and O–H groups in total. The Kier molecular flexibility index (Phi) is 7.19. The molecular weight excluding hydrogens is 236 g/mol. The van der Waals surface area contributed by atoms with E-state index in [1.807, 2.05) is 37.3 Å². The summed E-state index contributed by atoms with van der Waals surface area (Å²) in [4.78, 5) is 14.2. The summed E-state index contributed by atoms with van der Waals surface area (Å²) >= 11 is 0. The molecule has 1 atom stereocenters. The van der Waals surface area contributed by atoms with E-state index < -0.39 is 0 Å². The van der Waals surface area contributed by atoms with Crippen LogP contribution in [-0.2, 0) is 4.79 Å². The molecule has 0 spiro atoms. The Hall–Kier alpha value is -1.35. The summed E-state index contributed by atoms with van der Waals surface area (Å²) in [7, 11) is 0. The maximum atomic E-state index is 12.0. The lowest BCUT2D eigenvalue weighted by Crippen LogP contribution is -2.39. The molecule has 106 valence electrons. The Bertz CT molecular complexity index is 358. The number of amides is 1. The number of hydrogen-bond donors (Lipinski definition) is 1. The Labute approximate surface area is 117 Å². The zero-order valence-corrected chi connectivity index (χ0v) is 12.4. The SMILES string of the molecule is CCCN(CCC)CC(=O)NC(C)c1ccccc1. The third-order valence-corrected chi connectivity index (χ3v) is 3.12. The van der Waals surface area contributed by atoms with Crippen molar-refractivity contribution in [3.05, 3.63) is 35.9 Å². The fourth-order valence-corrected chi connectivity index (χ4v) is 2.22. The lowest BCUT2D eigenvalue weighted by molar-refractivity contribution is -0.122. The number of hydrogen-bond acceptors (Lipinski definition) is 2. The first-order chi connectivity index (χ1) is 9.17.